The van der Waals surface area contributed by atoms with Gasteiger partial charge < -0.3 is 5.32 Å². The first-order chi connectivity index (χ1) is 5.43. The van der Waals surface area contributed by atoms with E-state index in [1.54, 1.807) is 0 Å². The van der Waals surface area contributed by atoms with Crippen molar-refractivity contribution in [3.8, 4) is 0 Å². The van der Waals surface area contributed by atoms with Gasteiger partial charge in [-0.05, 0) is 18.2 Å². The molecule has 0 aromatic heterocycles. The van der Waals surface area contributed by atoms with E-state index in [0.29, 0.717) is 0 Å². The number of hydrogen-bond donors (Lipinski definition) is 1. The molecule has 0 radical (unpaired) electrons. The second-order valence-electron chi connectivity index (χ2n) is 2.16. The number of hydrogen-bond acceptors (Lipinski definition) is 1. The fourth-order valence-electron chi connectivity index (χ4n) is 0.797. The molecule has 0 saturated heterocycles. The Morgan fingerprint density at radius 1 is 1.36 bits per heavy atom. The molecule has 0 unspecified atom stereocenters. The molecule has 56 valence electrons. The van der Waals surface area contributed by atoms with E-state index in [4.69, 9.17) is 0 Å². The van der Waals surface area contributed by atoms with Crippen molar-refractivity contribution in [3.05, 3.63) is 48.7 Å². The average Bonchev–Trinajstić information content (AvgIpc) is 2.07. The van der Waals surface area contributed by atoms with Crippen LogP contribution in [0.3, 0.4) is 0 Å². The highest BCUT2D eigenvalue weighted by atomic mass is 14.8. The molecule has 0 bridgehead atoms. The molecule has 1 aromatic rings. The maximum absolute atomic E-state index is 3.47. The van der Waals surface area contributed by atoms with Gasteiger partial charge in [0.15, 0.2) is 0 Å². The lowest BCUT2D eigenvalue weighted by molar-refractivity contribution is 1.34. The van der Waals surface area contributed by atoms with Gasteiger partial charge in [-0.15, -0.1) is 5.73 Å². The summed E-state index contributed by atoms with van der Waals surface area (Å²) in [6.45, 7) is 4.26. The Labute approximate surface area is 67.1 Å². The largest absolute Gasteiger partial charge is 0.381 e. The number of nitrogens with one attached hydrogen (secondary N) is 1. The van der Waals surface area contributed by atoms with Gasteiger partial charge in [-0.3, -0.25) is 0 Å². The number of rotatable bonds is 3. The van der Waals surface area contributed by atoms with Gasteiger partial charge in [-0.2, -0.15) is 0 Å². The Morgan fingerprint density at radius 2 is 2.09 bits per heavy atom. The van der Waals surface area contributed by atoms with Crippen molar-refractivity contribution in [3.63, 3.8) is 0 Å². The van der Waals surface area contributed by atoms with E-state index in [1.165, 1.54) is 0 Å². The molecule has 0 aliphatic heterocycles. The highest BCUT2D eigenvalue weighted by Crippen LogP contribution is 2.03. The first-order valence-corrected chi connectivity index (χ1v) is 3.56. The van der Waals surface area contributed by atoms with Gasteiger partial charge in [-0.1, -0.05) is 24.8 Å². The molecule has 0 spiro atoms. The minimum atomic E-state index is 0.785. The molecular formula is C10H11N. The molecule has 1 N–H and O–H groups in total. The number of benzene rings is 1. The van der Waals surface area contributed by atoms with Crippen LogP contribution >= 0.6 is 0 Å². The quantitative estimate of drug-likeness (QED) is 0.644. The van der Waals surface area contributed by atoms with Gasteiger partial charge in [0.1, 0.15) is 0 Å². The highest BCUT2D eigenvalue weighted by Gasteiger charge is 1.83. The molecule has 1 aromatic carbocycles. The summed E-state index contributed by atoms with van der Waals surface area (Å²) in [7, 11) is 0. The summed E-state index contributed by atoms with van der Waals surface area (Å²) < 4.78 is 0. The zero-order chi connectivity index (χ0) is 7.94. The van der Waals surface area contributed by atoms with Crippen LogP contribution in [0, 0.1) is 0 Å². The summed E-state index contributed by atoms with van der Waals surface area (Å²) in [5.74, 6) is 0. The molecule has 0 aliphatic carbocycles. The minimum Gasteiger partial charge on any atom is -0.381 e. The lowest BCUT2D eigenvalue weighted by atomic mass is 10.3. The van der Waals surface area contributed by atoms with Crippen molar-refractivity contribution in [1.29, 1.82) is 0 Å². The maximum Gasteiger partial charge on any atom is 0.0405 e. The van der Waals surface area contributed by atoms with Crippen LogP contribution in [-0.2, 0) is 0 Å². The Kier molecular flexibility index (Phi) is 3.04. The second kappa shape index (κ2) is 4.37. The van der Waals surface area contributed by atoms with Crippen LogP contribution in [0.2, 0.25) is 0 Å². The summed E-state index contributed by atoms with van der Waals surface area (Å²) in [5, 5.41) is 3.19. The minimum absolute atomic E-state index is 0.785. The Hall–Kier alpha value is -1.46. The third-order valence-electron chi connectivity index (χ3n) is 1.33. The highest BCUT2D eigenvalue weighted by molar-refractivity contribution is 5.42. The zero-order valence-corrected chi connectivity index (χ0v) is 6.38. The summed E-state index contributed by atoms with van der Waals surface area (Å²) in [6, 6.07) is 10.0. The third kappa shape index (κ3) is 2.74. The topological polar surface area (TPSA) is 12.0 Å². The molecule has 0 saturated carbocycles. The van der Waals surface area contributed by atoms with Crippen LogP contribution < -0.4 is 5.32 Å². The van der Waals surface area contributed by atoms with Crippen molar-refractivity contribution in [2.24, 2.45) is 0 Å². The summed E-state index contributed by atoms with van der Waals surface area (Å²) in [4.78, 5) is 0. The Morgan fingerprint density at radius 3 is 2.73 bits per heavy atom. The molecule has 1 heteroatoms. The van der Waals surface area contributed by atoms with Crippen LogP contribution in [0.1, 0.15) is 0 Å². The van der Waals surface area contributed by atoms with Crippen LogP contribution in [0.15, 0.2) is 48.7 Å². The average molecular weight is 145 g/mol. The van der Waals surface area contributed by atoms with Gasteiger partial charge in [0.05, 0.1) is 0 Å². The van der Waals surface area contributed by atoms with Crippen LogP contribution in [-0.4, -0.2) is 6.54 Å². The molecule has 1 rings (SSSR count). The predicted molar refractivity (Wildman–Crippen MR) is 48.6 cm³/mol. The van der Waals surface area contributed by atoms with Crippen molar-refractivity contribution >= 4 is 5.69 Å². The first kappa shape index (κ1) is 7.64. The fourth-order valence-corrected chi connectivity index (χ4v) is 0.797. The SMILES string of the molecule is C=C=CCNc1ccccc1. The van der Waals surface area contributed by atoms with E-state index < -0.39 is 0 Å². The van der Waals surface area contributed by atoms with Gasteiger partial charge >= 0.3 is 0 Å². The first-order valence-electron chi connectivity index (χ1n) is 3.56. The molecule has 0 aliphatic rings. The van der Waals surface area contributed by atoms with Crippen molar-refractivity contribution in [2.45, 2.75) is 0 Å². The predicted octanol–water partition coefficient (Wildman–Crippen LogP) is 2.44. The Balaban J connectivity index is 2.45. The smallest absolute Gasteiger partial charge is 0.0405 e. The van der Waals surface area contributed by atoms with E-state index >= 15 is 0 Å². The molecule has 0 atom stereocenters. The van der Waals surface area contributed by atoms with Crippen LogP contribution in [0.5, 0.6) is 0 Å². The van der Waals surface area contributed by atoms with E-state index in [9.17, 15) is 0 Å². The molecule has 0 heterocycles. The molecule has 0 fully saturated rings. The van der Waals surface area contributed by atoms with E-state index in [2.05, 4.69) is 17.6 Å². The standard InChI is InChI=1S/C10H11N/c1-2-3-9-11-10-7-5-4-6-8-10/h3-8,11H,1,9H2. The normalized spacial score (nSPS) is 8.36. The van der Waals surface area contributed by atoms with E-state index in [1.807, 2.05) is 36.4 Å². The van der Waals surface area contributed by atoms with Crippen molar-refractivity contribution in [1.82, 2.24) is 0 Å². The number of para-hydroxylation sites is 1. The van der Waals surface area contributed by atoms with Gasteiger partial charge in [0.2, 0.25) is 0 Å². The molecular weight excluding hydrogens is 134 g/mol. The third-order valence-corrected chi connectivity index (χ3v) is 1.33. The van der Waals surface area contributed by atoms with E-state index in [0.717, 1.165) is 12.2 Å². The van der Waals surface area contributed by atoms with Crippen molar-refractivity contribution in [2.75, 3.05) is 11.9 Å². The maximum atomic E-state index is 3.47. The van der Waals surface area contributed by atoms with Gasteiger partial charge in [-0.25, -0.2) is 0 Å². The summed E-state index contributed by atoms with van der Waals surface area (Å²) >= 11 is 0. The molecule has 1 nitrogen and oxygen atoms in total. The van der Waals surface area contributed by atoms with Crippen molar-refractivity contribution < 1.29 is 0 Å². The van der Waals surface area contributed by atoms with Gasteiger partial charge in [0.25, 0.3) is 0 Å². The number of anilines is 1. The zero-order valence-electron chi connectivity index (χ0n) is 6.38. The lowest BCUT2D eigenvalue weighted by Crippen LogP contribution is -1.96. The van der Waals surface area contributed by atoms with Gasteiger partial charge in [0, 0.05) is 12.2 Å². The van der Waals surface area contributed by atoms with E-state index in [-0.39, 0.29) is 0 Å². The molecule has 11 heavy (non-hydrogen) atoms. The Bertz CT molecular complexity index is 245. The summed E-state index contributed by atoms with van der Waals surface area (Å²) in [6.07, 6.45) is 1.85. The van der Waals surface area contributed by atoms with Crippen LogP contribution in [0.4, 0.5) is 5.69 Å². The molecule has 0 amide bonds. The second-order valence-corrected chi connectivity index (χ2v) is 2.16. The lowest BCUT2D eigenvalue weighted by Gasteiger charge is -1.99. The van der Waals surface area contributed by atoms with Crippen LogP contribution in [0.25, 0.3) is 0 Å². The summed E-state index contributed by atoms with van der Waals surface area (Å²) in [5.41, 5.74) is 3.82. The fraction of sp³-hybridized carbons (Fsp3) is 0.100. The monoisotopic (exact) mass is 145 g/mol.